The van der Waals surface area contributed by atoms with Gasteiger partial charge in [0.1, 0.15) is 5.15 Å². The second kappa shape index (κ2) is 5.46. The van der Waals surface area contributed by atoms with E-state index in [0.29, 0.717) is 11.4 Å². The summed E-state index contributed by atoms with van der Waals surface area (Å²) >= 11 is 5.76. The number of para-hydroxylation sites is 1. The number of rotatable bonds is 2. The van der Waals surface area contributed by atoms with Crippen molar-refractivity contribution >= 4 is 34.2 Å². The van der Waals surface area contributed by atoms with Crippen LogP contribution < -0.4 is 5.32 Å². The first kappa shape index (κ1) is 13.5. The number of aryl methyl sites for hydroxylation is 1. The molecule has 0 unspecified atom stereocenters. The highest BCUT2D eigenvalue weighted by atomic mass is 35.5. The van der Waals surface area contributed by atoms with Crippen molar-refractivity contribution in [1.82, 2.24) is 15.0 Å². The zero-order chi connectivity index (χ0) is 14.8. The quantitative estimate of drug-likeness (QED) is 0.788. The molecule has 6 heteroatoms. The third kappa shape index (κ3) is 2.83. The molecule has 1 N–H and O–H groups in total. The highest BCUT2D eigenvalue weighted by Crippen LogP contribution is 2.19. The van der Waals surface area contributed by atoms with E-state index in [4.69, 9.17) is 11.6 Å². The maximum absolute atomic E-state index is 12.4. The fraction of sp³-hybridized carbons (Fsp3) is 0.0667. The van der Waals surface area contributed by atoms with E-state index in [-0.39, 0.29) is 11.1 Å². The molecule has 104 valence electrons. The zero-order valence-electron chi connectivity index (χ0n) is 11.2. The van der Waals surface area contributed by atoms with E-state index in [2.05, 4.69) is 20.3 Å². The van der Waals surface area contributed by atoms with Gasteiger partial charge in [0.25, 0.3) is 5.91 Å². The number of halogens is 1. The molecule has 2 heterocycles. The summed E-state index contributed by atoms with van der Waals surface area (Å²) < 4.78 is 0. The van der Waals surface area contributed by atoms with Crippen LogP contribution in [-0.2, 0) is 0 Å². The summed E-state index contributed by atoms with van der Waals surface area (Å²) in [6.07, 6.45) is 2.85. The van der Waals surface area contributed by atoms with Crippen molar-refractivity contribution in [3.63, 3.8) is 0 Å². The van der Waals surface area contributed by atoms with Crippen molar-refractivity contribution in [2.45, 2.75) is 6.92 Å². The molecule has 1 amide bonds. The van der Waals surface area contributed by atoms with E-state index in [1.807, 2.05) is 31.2 Å². The van der Waals surface area contributed by atoms with Gasteiger partial charge in [-0.05, 0) is 19.1 Å². The molecule has 0 fully saturated rings. The Morgan fingerprint density at radius 3 is 2.81 bits per heavy atom. The number of fused-ring (bicyclic) bond motifs is 1. The molecule has 1 aromatic carbocycles. The van der Waals surface area contributed by atoms with Gasteiger partial charge < -0.3 is 5.32 Å². The summed E-state index contributed by atoms with van der Waals surface area (Å²) in [6.45, 7) is 1.85. The van der Waals surface area contributed by atoms with Crippen LogP contribution in [0, 0.1) is 6.92 Å². The van der Waals surface area contributed by atoms with Crippen LogP contribution in [0.1, 0.15) is 16.1 Å². The number of aromatic nitrogens is 3. The SMILES string of the molecule is Cc1cc(C(=O)Nc2cncc(Cl)n2)c2ccccc2n1. The van der Waals surface area contributed by atoms with Crippen LogP contribution in [-0.4, -0.2) is 20.9 Å². The molecule has 0 saturated carbocycles. The van der Waals surface area contributed by atoms with E-state index in [1.165, 1.54) is 12.4 Å². The fourth-order valence-electron chi connectivity index (χ4n) is 2.08. The second-order valence-corrected chi connectivity index (χ2v) is 4.90. The van der Waals surface area contributed by atoms with Crippen LogP contribution in [0.25, 0.3) is 10.9 Å². The van der Waals surface area contributed by atoms with Gasteiger partial charge in [-0.15, -0.1) is 0 Å². The van der Waals surface area contributed by atoms with Gasteiger partial charge in [0, 0.05) is 11.1 Å². The minimum atomic E-state index is -0.270. The van der Waals surface area contributed by atoms with Crippen molar-refractivity contribution < 1.29 is 4.79 Å². The molecule has 3 aromatic rings. The molecule has 0 aliphatic rings. The van der Waals surface area contributed by atoms with Crippen LogP contribution in [0.15, 0.2) is 42.7 Å². The lowest BCUT2D eigenvalue weighted by Gasteiger charge is -2.08. The van der Waals surface area contributed by atoms with E-state index in [9.17, 15) is 4.79 Å². The van der Waals surface area contributed by atoms with E-state index in [1.54, 1.807) is 6.07 Å². The van der Waals surface area contributed by atoms with Gasteiger partial charge in [0.05, 0.1) is 23.5 Å². The molecule has 0 aliphatic carbocycles. The Hall–Kier alpha value is -2.53. The van der Waals surface area contributed by atoms with Crippen molar-refractivity contribution in [2.75, 3.05) is 5.32 Å². The number of carbonyl (C=O) groups is 1. The van der Waals surface area contributed by atoms with Crippen LogP contribution in [0.5, 0.6) is 0 Å². The summed E-state index contributed by atoms with van der Waals surface area (Å²) in [5.74, 6) is 0.0410. The zero-order valence-corrected chi connectivity index (χ0v) is 11.9. The van der Waals surface area contributed by atoms with E-state index < -0.39 is 0 Å². The molecule has 0 radical (unpaired) electrons. The van der Waals surface area contributed by atoms with Crippen molar-refractivity contribution in [1.29, 1.82) is 0 Å². The number of nitrogens with zero attached hydrogens (tertiary/aromatic N) is 3. The van der Waals surface area contributed by atoms with Crippen LogP contribution in [0.4, 0.5) is 5.82 Å². The topological polar surface area (TPSA) is 67.8 Å². The second-order valence-electron chi connectivity index (χ2n) is 4.51. The molecule has 3 rings (SSSR count). The summed E-state index contributed by atoms with van der Waals surface area (Å²) in [5, 5.41) is 3.71. The number of hydrogen-bond acceptors (Lipinski definition) is 4. The fourth-order valence-corrected chi connectivity index (χ4v) is 2.23. The first-order valence-electron chi connectivity index (χ1n) is 6.29. The molecule has 0 saturated heterocycles. The summed E-state index contributed by atoms with van der Waals surface area (Å²) in [7, 11) is 0. The lowest BCUT2D eigenvalue weighted by molar-refractivity contribution is 0.102. The lowest BCUT2D eigenvalue weighted by Crippen LogP contribution is -2.14. The highest BCUT2D eigenvalue weighted by molar-refractivity contribution is 6.29. The highest BCUT2D eigenvalue weighted by Gasteiger charge is 2.12. The third-order valence-corrected chi connectivity index (χ3v) is 3.12. The Kier molecular flexibility index (Phi) is 3.50. The number of amides is 1. The lowest BCUT2D eigenvalue weighted by atomic mass is 10.1. The average Bonchev–Trinajstić information content (AvgIpc) is 2.46. The summed E-state index contributed by atoms with van der Waals surface area (Å²) in [4.78, 5) is 24.7. The maximum Gasteiger partial charge on any atom is 0.257 e. The number of benzene rings is 1. The first-order chi connectivity index (χ1) is 10.1. The number of carbonyl (C=O) groups excluding carboxylic acids is 1. The molecule has 0 aliphatic heterocycles. The number of pyridine rings is 1. The van der Waals surface area contributed by atoms with Crippen molar-refractivity contribution in [2.24, 2.45) is 0 Å². The predicted octanol–water partition coefficient (Wildman–Crippen LogP) is 3.24. The minimum absolute atomic E-state index is 0.226. The van der Waals surface area contributed by atoms with E-state index in [0.717, 1.165) is 16.6 Å². The minimum Gasteiger partial charge on any atom is -0.305 e. The largest absolute Gasteiger partial charge is 0.305 e. The standard InChI is InChI=1S/C15H11ClN4O/c1-9-6-11(10-4-2-3-5-12(10)18-9)15(21)20-14-8-17-7-13(16)19-14/h2-8H,1H3,(H,19,20,21). The molecule has 21 heavy (non-hydrogen) atoms. The van der Waals surface area contributed by atoms with E-state index >= 15 is 0 Å². The molecule has 0 spiro atoms. The monoisotopic (exact) mass is 298 g/mol. The smallest absolute Gasteiger partial charge is 0.257 e. The Morgan fingerprint density at radius 2 is 2.00 bits per heavy atom. The Bertz CT molecular complexity index is 835. The molecule has 2 aromatic heterocycles. The van der Waals surface area contributed by atoms with Crippen LogP contribution >= 0.6 is 11.6 Å². The van der Waals surface area contributed by atoms with Gasteiger partial charge in [0.2, 0.25) is 0 Å². The van der Waals surface area contributed by atoms with Crippen LogP contribution in [0.3, 0.4) is 0 Å². The molecule has 0 bridgehead atoms. The van der Waals surface area contributed by atoms with Gasteiger partial charge >= 0.3 is 0 Å². The van der Waals surface area contributed by atoms with Gasteiger partial charge in [0.15, 0.2) is 5.82 Å². The molecule has 0 atom stereocenters. The van der Waals surface area contributed by atoms with Gasteiger partial charge in [-0.3, -0.25) is 14.8 Å². The Labute approximate surface area is 126 Å². The maximum atomic E-state index is 12.4. The number of hydrogen-bond donors (Lipinski definition) is 1. The molecular weight excluding hydrogens is 288 g/mol. The summed E-state index contributed by atoms with van der Waals surface area (Å²) in [5.41, 5.74) is 2.09. The van der Waals surface area contributed by atoms with Gasteiger partial charge in [-0.1, -0.05) is 29.8 Å². The Morgan fingerprint density at radius 1 is 1.19 bits per heavy atom. The molecule has 5 nitrogen and oxygen atoms in total. The van der Waals surface area contributed by atoms with Crippen LogP contribution in [0.2, 0.25) is 5.15 Å². The first-order valence-corrected chi connectivity index (χ1v) is 6.66. The summed E-state index contributed by atoms with van der Waals surface area (Å²) in [6, 6.07) is 9.24. The predicted molar refractivity (Wildman–Crippen MR) is 81.5 cm³/mol. The third-order valence-electron chi connectivity index (χ3n) is 2.94. The van der Waals surface area contributed by atoms with Gasteiger partial charge in [-0.2, -0.15) is 0 Å². The van der Waals surface area contributed by atoms with Crippen molar-refractivity contribution in [3.8, 4) is 0 Å². The Balaban J connectivity index is 2.02. The number of nitrogens with one attached hydrogen (secondary N) is 1. The van der Waals surface area contributed by atoms with Crippen molar-refractivity contribution in [3.05, 3.63) is 59.1 Å². The molecular formula is C15H11ClN4O. The number of anilines is 1. The van der Waals surface area contributed by atoms with Gasteiger partial charge in [-0.25, -0.2) is 4.98 Å². The average molecular weight is 299 g/mol. The normalized spacial score (nSPS) is 10.6.